The van der Waals surface area contributed by atoms with Gasteiger partial charge in [-0.15, -0.1) is 0 Å². The van der Waals surface area contributed by atoms with Gasteiger partial charge >= 0.3 is 0 Å². The van der Waals surface area contributed by atoms with Crippen molar-refractivity contribution >= 4 is 17.4 Å². The fourth-order valence-electron chi connectivity index (χ4n) is 5.53. The van der Waals surface area contributed by atoms with Crippen molar-refractivity contribution in [2.75, 3.05) is 0 Å². The molecule has 100 valence electrons. The average molecular weight is 263 g/mol. The van der Waals surface area contributed by atoms with E-state index in [-0.39, 0.29) is 5.54 Å². The van der Waals surface area contributed by atoms with E-state index in [1.807, 2.05) is 0 Å². The van der Waals surface area contributed by atoms with E-state index >= 15 is 0 Å². The highest BCUT2D eigenvalue weighted by atomic mass is 32.1. The van der Waals surface area contributed by atoms with Crippen molar-refractivity contribution in [3.05, 3.63) is 0 Å². The topological polar surface area (TPSA) is 12.4 Å². The van der Waals surface area contributed by atoms with Crippen molar-refractivity contribution in [3.8, 4) is 0 Å². The third-order valence-electron chi connectivity index (χ3n) is 6.67. The molecule has 18 heavy (non-hydrogen) atoms. The van der Waals surface area contributed by atoms with Gasteiger partial charge < -0.3 is 0 Å². The zero-order chi connectivity index (χ0) is 13.1. The van der Waals surface area contributed by atoms with Crippen LogP contribution in [0.5, 0.6) is 0 Å². The number of fused-ring (bicyclic) bond motifs is 3. The number of thiocarbonyl (C=S) groups is 1. The molecule has 0 radical (unpaired) electrons. The first-order chi connectivity index (χ1) is 8.42. The van der Waals surface area contributed by atoms with Crippen LogP contribution >= 0.6 is 12.2 Å². The lowest BCUT2D eigenvalue weighted by Crippen LogP contribution is -2.36. The highest BCUT2D eigenvalue weighted by molar-refractivity contribution is 7.78. The molecule has 0 saturated heterocycles. The predicted molar refractivity (Wildman–Crippen MR) is 78.8 cm³/mol. The van der Waals surface area contributed by atoms with Crippen LogP contribution in [0.25, 0.3) is 0 Å². The zero-order valence-electron chi connectivity index (χ0n) is 12.1. The molecule has 3 fully saturated rings. The second-order valence-corrected chi connectivity index (χ2v) is 7.97. The maximum absolute atomic E-state index is 4.91. The molecule has 3 aliphatic carbocycles. The summed E-state index contributed by atoms with van der Waals surface area (Å²) in [6.07, 6.45) is 5.29. The number of nitrogens with zero attached hydrogens (tertiary/aromatic N) is 1. The Morgan fingerprint density at radius 1 is 1.11 bits per heavy atom. The lowest BCUT2D eigenvalue weighted by atomic mass is 9.73. The summed E-state index contributed by atoms with van der Waals surface area (Å²) in [5, 5.41) is 2.69. The van der Waals surface area contributed by atoms with E-state index < -0.39 is 0 Å². The molecule has 0 aromatic rings. The van der Waals surface area contributed by atoms with Crippen molar-refractivity contribution in [2.24, 2.45) is 40.0 Å². The number of hydrogen-bond acceptors (Lipinski definition) is 2. The minimum Gasteiger partial charge on any atom is -0.226 e. The molecular weight excluding hydrogens is 238 g/mol. The summed E-state index contributed by atoms with van der Waals surface area (Å²) in [5.74, 6) is 4.39. The Bertz CT molecular complexity index is 409. The number of isothiocyanates is 1. The maximum Gasteiger partial charge on any atom is 0.0713 e. The fourth-order valence-corrected chi connectivity index (χ4v) is 5.74. The first kappa shape index (κ1) is 12.8. The molecule has 3 aliphatic rings. The van der Waals surface area contributed by atoms with Crippen LogP contribution in [-0.4, -0.2) is 10.7 Å². The first-order valence-electron chi connectivity index (χ1n) is 7.51. The van der Waals surface area contributed by atoms with Crippen LogP contribution in [-0.2, 0) is 0 Å². The summed E-state index contributed by atoms with van der Waals surface area (Å²) in [7, 11) is 0. The molecule has 0 bridgehead atoms. The second-order valence-electron chi connectivity index (χ2n) is 7.79. The highest BCUT2D eigenvalue weighted by Crippen LogP contribution is 2.71. The molecular formula is C16H25NS. The second kappa shape index (κ2) is 3.90. The molecule has 3 rings (SSSR count). The molecule has 0 aromatic heterocycles. The lowest BCUT2D eigenvalue weighted by molar-refractivity contribution is 0.176. The van der Waals surface area contributed by atoms with Gasteiger partial charge in [0.1, 0.15) is 0 Å². The molecule has 1 nitrogen and oxygen atoms in total. The Kier molecular flexibility index (Phi) is 2.78. The first-order valence-corrected chi connectivity index (χ1v) is 7.91. The largest absolute Gasteiger partial charge is 0.226 e. The van der Waals surface area contributed by atoms with Crippen molar-refractivity contribution in [1.82, 2.24) is 0 Å². The third-order valence-corrected chi connectivity index (χ3v) is 6.76. The minimum atomic E-state index is 0.0840. The third kappa shape index (κ3) is 1.58. The maximum atomic E-state index is 4.91. The Morgan fingerprint density at radius 2 is 1.83 bits per heavy atom. The molecule has 1 unspecified atom stereocenters. The van der Waals surface area contributed by atoms with E-state index in [4.69, 9.17) is 12.2 Å². The normalized spacial score (nSPS) is 52.8. The Morgan fingerprint density at radius 3 is 2.50 bits per heavy atom. The molecule has 0 amide bonds. The molecule has 6 atom stereocenters. The van der Waals surface area contributed by atoms with Gasteiger partial charge in [-0.25, -0.2) is 4.99 Å². The van der Waals surface area contributed by atoms with Crippen molar-refractivity contribution in [1.29, 1.82) is 0 Å². The monoisotopic (exact) mass is 263 g/mol. The van der Waals surface area contributed by atoms with Crippen LogP contribution in [0.2, 0.25) is 0 Å². The molecule has 0 spiro atoms. The van der Waals surface area contributed by atoms with Gasteiger partial charge in [-0.2, -0.15) is 0 Å². The van der Waals surface area contributed by atoms with Gasteiger partial charge in [0.2, 0.25) is 0 Å². The number of rotatable bonds is 1. The highest BCUT2D eigenvalue weighted by Gasteiger charge is 2.66. The zero-order valence-corrected chi connectivity index (χ0v) is 12.9. The van der Waals surface area contributed by atoms with E-state index in [9.17, 15) is 0 Å². The standard InChI is InChI=1S/C16H25NS/c1-10-5-6-11-13(10)14-12(15(14,2)3)7-8-16(11,4)17-9-18/h10-14H,5-8H2,1-4H3/t10-,11+,12-,13+,14-,16?/m1/s1. The molecule has 3 saturated carbocycles. The van der Waals surface area contributed by atoms with Crippen LogP contribution in [0.15, 0.2) is 4.99 Å². The Labute approximate surface area is 116 Å². The summed E-state index contributed by atoms with van der Waals surface area (Å²) in [6, 6.07) is 0. The number of hydrogen-bond donors (Lipinski definition) is 0. The van der Waals surface area contributed by atoms with Gasteiger partial charge in [0, 0.05) is 0 Å². The average Bonchev–Trinajstić information content (AvgIpc) is 2.65. The van der Waals surface area contributed by atoms with Crippen LogP contribution in [0.1, 0.15) is 53.4 Å². The molecule has 0 aromatic carbocycles. The van der Waals surface area contributed by atoms with Crippen LogP contribution in [0.3, 0.4) is 0 Å². The van der Waals surface area contributed by atoms with Crippen LogP contribution < -0.4 is 0 Å². The molecule has 2 heteroatoms. The summed E-state index contributed by atoms with van der Waals surface area (Å²) in [6.45, 7) is 9.76. The Hall–Kier alpha value is -0.200. The van der Waals surface area contributed by atoms with Gasteiger partial charge in [0.05, 0.1) is 10.7 Å². The summed E-state index contributed by atoms with van der Waals surface area (Å²) in [4.78, 5) is 4.62. The van der Waals surface area contributed by atoms with Crippen LogP contribution in [0.4, 0.5) is 0 Å². The summed E-state index contributed by atoms with van der Waals surface area (Å²) < 4.78 is 0. The van der Waals surface area contributed by atoms with Crippen molar-refractivity contribution < 1.29 is 0 Å². The molecule has 0 aliphatic heterocycles. The van der Waals surface area contributed by atoms with E-state index in [1.165, 1.54) is 25.7 Å². The smallest absolute Gasteiger partial charge is 0.0713 e. The van der Waals surface area contributed by atoms with Crippen molar-refractivity contribution in [3.63, 3.8) is 0 Å². The fraction of sp³-hybridized carbons (Fsp3) is 0.938. The quantitative estimate of drug-likeness (QED) is 0.498. The van der Waals surface area contributed by atoms with Gasteiger partial charge in [0.15, 0.2) is 0 Å². The van der Waals surface area contributed by atoms with Gasteiger partial charge in [-0.05, 0) is 73.4 Å². The van der Waals surface area contributed by atoms with Gasteiger partial charge in [-0.1, -0.05) is 27.2 Å². The summed E-state index contributed by atoms with van der Waals surface area (Å²) >= 11 is 4.91. The molecule has 0 heterocycles. The number of aliphatic imine (C=N–C) groups is 1. The summed E-state index contributed by atoms with van der Waals surface area (Å²) in [5.41, 5.74) is 0.672. The van der Waals surface area contributed by atoms with E-state index in [0.717, 1.165) is 29.6 Å². The minimum absolute atomic E-state index is 0.0840. The predicted octanol–water partition coefficient (Wildman–Crippen LogP) is 4.58. The molecule has 0 N–H and O–H groups in total. The van der Waals surface area contributed by atoms with Gasteiger partial charge in [-0.3, -0.25) is 0 Å². The lowest BCUT2D eigenvalue weighted by Gasteiger charge is -2.35. The van der Waals surface area contributed by atoms with Crippen molar-refractivity contribution in [2.45, 2.75) is 58.9 Å². The SMILES string of the molecule is C[C@@H]1CC[C@H]2[C@H]1[C@H]1[C@@H](CCC2(C)N=C=S)C1(C)C. The van der Waals surface area contributed by atoms with E-state index in [2.05, 4.69) is 37.8 Å². The van der Waals surface area contributed by atoms with E-state index in [0.29, 0.717) is 5.41 Å². The van der Waals surface area contributed by atoms with E-state index in [1.54, 1.807) is 0 Å². The van der Waals surface area contributed by atoms with Crippen LogP contribution in [0, 0.1) is 35.0 Å². The Balaban J connectivity index is 1.97. The van der Waals surface area contributed by atoms with Gasteiger partial charge in [0.25, 0.3) is 0 Å².